The lowest BCUT2D eigenvalue weighted by atomic mass is 10.0. The lowest BCUT2D eigenvalue weighted by molar-refractivity contribution is -0.384. The van der Waals surface area contributed by atoms with Gasteiger partial charge in [0.25, 0.3) is 5.69 Å². The molecule has 0 unspecified atom stereocenters. The van der Waals surface area contributed by atoms with Crippen molar-refractivity contribution >= 4 is 21.4 Å². The van der Waals surface area contributed by atoms with Crippen LogP contribution >= 0.6 is 0 Å². The SMILES string of the molecule is CCN(CC)[C@H](CNc1ccc(S(N)(=O)=O)cc1[N+](=O)[O-])CC(C)C. The van der Waals surface area contributed by atoms with Crippen LogP contribution in [0, 0.1) is 16.0 Å². The molecule has 0 aliphatic rings. The largest absolute Gasteiger partial charge is 0.378 e. The molecule has 0 spiro atoms. The molecule has 0 aliphatic carbocycles. The van der Waals surface area contributed by atoms with Crippen LogP contribution in [0.2, 0.25) is 0 Å². The van der Waals surface area contributed by atoms with Gasteiger partial charge in [-0.05, 0) is 37.6 Å². The van der Waals surface area contributed by atoms with E-state index in [-0.39, 0.29) is 16.6 Å². The third-order valence-electron chi connectivity index (χ3n) is 4.09. The van der Waals surface area contributed by atoms with Crippen LogP contribution in [0.15, 0.2) is 23.1 Å². The zero-order valence-electron chi connectivity index (χ0n) is 15.2. The highest BCUT2D eigenvalue weighted by molar-refractivity contribution is 7.89. The first-order chi connectivity index (χ1) is 11.6. The van der Waals surface area contributed by atoms with Crippen molar-refractivity contribution in [2.24, 2.45) is 11.1 Å². The Morgan fingerprint density at radius 3 is 2.32 bits per heavy atom. The first-order valence-corrected chi connectivity index (χ1v) is 9.93. The van der Waals surface area contributed by atoms with Crippen LogP contribution in [0.1, 0.15) is 34.1 Å². The molecule has 0 heterocycles. The van der Waals surface area contributed by atoms with Gasteiger partial charge in [0.1, 0.15) is 5.69 Å². The van der Waals surface area contributed by atoms with E-state index >= 15 is 0 Å². The molecule has 0 radical (unpaired) electrons. The number of sulfonamides is 1. The number of benzene rings is 1. The number of hydrogen-bond acceptors (Lipinski definition) is 6. The second-order valence-corrected chi connectivity index (χ2v) is 7.93. The summed E-state index contributed by atoms with van der Waals surface area (Å²) >= 11 is 0. The van der Waals surface area contributed by atoms with Gasteiger partial charge >= 0.3 is 0 Å². The minimum Gasteiger partial charge on any atom is -0.378 e. The zero-order valence-corrected chi connectivity index (χ0v) is 16.0. The fourth-order valence-electron chi connectivity index (χ4n) is 2.86. The number of nitrogens with two attached hydrogens (primary N) is 1. The van der Waals surface area contributed by atoms with E-state index in [2.05, 4.69) is 37.9 Å². The van der Waals surface area contributed by atoms with Crippen molar-refractivity contribution in [3.8, 4) is 0 Å². The van der Waals surface area contributed by atoms with Crippen molar-refractivity contribution in [2.45, 2.75) is 45.1 Å². The lowest BCUT2D eigenvalue weighted by Gasteiger charge is -2.31. The second kappa shape index (κ2) is 9.12. The minimum atomic E-state index is -3.98. The van der Waals surface area contributed by atoms with Gasteiger partial charge in [0.15, 0.2) is 0 Å². The Morgan fingerprint density at radius 1 is 1.28 bits per heavy atom. The van der Waals surface area contributed by atoms with E-state index in [0.29, 0.717) is 18.2 Å². The molecule has 0 amide bonds. The molecule has 1 aromatic carbocycles. The summed E-state index contributed by atoms with van der Waals surface area (Å²) in [5.41, 5.74) is -0.00678. The number of nitrogens with one attached hydrogen (secondary N) is 1. The summed E-state index contributed by atoms with van der Waals surface area (Å²) in [6, 6.07) is 3.89. The first-order valence-electron chi connectivity index (χ1n) is 8.39. The van der Waals surface area contributed by atoms with Crippen LogP contribution in [-0.4, -0.2) is 43.9 Å². The van der Waals surface area contributed by atoms with Crippen molar-refractivity contribution in [3.05, 3.63) is 28.3 Å². The van der Waals surface area contributed by atoms with E-state index < -0.39 is 14.9 Å². The monoisotopic (exact) mass is 372 g/mol. The third kappa shape index (κ3) is 6.26. The zero-order chi connectivity index (χ0) is 19.2. The number of nitro benzene ring substituents is 1. The predicted octanol–water partition coefficient (Wildman–Crippen LogP) is 2.41. The summed E-state index contributed by atoms with van der Waals surface area (Å²) in [6.45, 7) is 10.8. The van der Waals surface area contributed by atoms with Crippen LogP contribution in [0.25, 0.3) is 0 Å². The molecule has 0 aliphatic heterocycles. The minimum absolute atomic E-state index is 0.229. The maximum atomic E-state index is 11.4. The third-order valence-corrected chi connectivity index (χ3v) is 5.01. The Hall–Kier alpha value is -1.71. The topological polar surface area (TPSA) is 119 Å². The Balaban J connectivity index is 3.05. The number of primary sulfonamides is 1. The number of rotatable bonds is 10. The van der Waals surface area contributed by atoms with Crippen molar-refractivity contribution in [2.75, 3.05) is 25.0 Å². The fourth-order valence-corrected chi connectivity index (χ4v) is 3.40. The smallest absolute Gasteiger partial charge is 0.293 e. The summed E-state index contributed by atoms with van der Waals surface area (Å²) in [5.74, 6) is 0.493. The van der Waals surface area contributed by atoms with E-state index in [1.165, 1.54) is 12.1 Å². The number of anilines is 1. The first kappa shape index (κ1) is 21.3. The summed E-state index contributed by atoms with van der Waals surface area (Å²) < 4.78 is 22.8. The lowest BCUT2D eigenvalue weighted by Crippen LogP contribution is -2.40. The molecule has 1 rings (SSSR count). The van der Waals surface area contributed by atoms with Gasteiger partial charge in [0.05, 0.1) is 9.82 Å². The van der Waals surface area contributed by atoms with E-state index in [4.69, 9.17) is 5.14 Å². The molecule has 1 aromatic rings. The molecular formula is C16H28N4O4S. The van der Waals surface area contributed by atoms with Crippen LogP contribution in [0.4, 0.5) is 11.4 Å². The van der Waals surface area contributed by atoms with Gasteiger partial charge in [0.2, 0.25) is 10.0 Å². The highest BCUT2D eigenvalue weighted by Gasteiger charge is 2.21. The Kier molecular flexibility index (Phi) is 7.78. The van der Waals surface area contributed by atoms with Gasteiger partial charge in [-0.2, -0.15) is 0 Å². The molecule has 0 bridgehead atoms. The number of nitrogens with zero attached hydrogens (tertiary/aromatic N) is 2. The Bertz CT molecular complexity index is 687. The van der Waals surface area contributed by atoms with Crippen LogP contribution in [0.3, 0.4) is 0 Å². The Labute approximate surface area is 149 Å². The number of nitro groups is 1. The molecule has 25 heavy (non-hydrogen) atoms. The maximum Gasteiger partial charge on any atom is 0.293 e. The average Bonchev–Trinajstić information content (AvgIpc) is 2.51. The van der Waals surface area contributed by atoms with Crippen molar-refractivity contribution in [1.29, 1.82) is 0 Å². The maximum absolute atomic E-state index is 11.4. The molecular weight excluding hydrogens is 344 g/mol. The van der Waals surface area contributed by atoms with Crippen molar-refractivity contribution < 1.29 is 13.3 Å². The van der Waals surface area contributed by atoms with Crippen LogP contribution < -0.4 is 10.5 Å². The second-order valence-electron chi connectivity index (χ2n) is 6.37. The molecule has 3 N–H and O–H groups in total. The Morgan fingerprint density at radius 2 is 1.88 bits per heavy atom. The summed E-state index contributed by atoms with van der Waals surface area (Å²) in [6.07, 6.45) is 0.956. The van der Waals surface area contributed by atoms with E-state index in [9.17, 15) is 18.5 Å². The van der Waals surface area contributed by atoms with Gasteiger partial charge in [0, 0.05) is 18.7 Å². The normalized spacial score (nSPS) is 13.2. The van der Waals surface area contributed by atoms with Crippen LogP contribution in [0.5, 0.6) is 0 Å². The summed E-state index contributed by atoms with van der Waals surface area (Å²) in [7, 11) is -3.98. The molecule has 0 fully saturated rings. The molecule has 8 nitrogen and oxygen atoms in total. The van der Waals surface area contributed by atoms with E-state index in [1.54, 1.807) is 0 Å². The molecule has 0 saturated carbocycles. The average molecular weight is 372 g/mol. The number of hydrogen-bond donors (Lipinski definition) is 2. The summed E-state index contributed by atoms with van der Waals surface area (Å²) in [4.78, 5) is 12.7. The highest BCUT2D eigenvalue weighted by atomic mass is 32.2. The highest BCUT2D eigenvalue weighted by Crippen LogP contribution is 2.27. The van der Waals surface area contributed by atoms with Gasteiger partial charge in [-0.3, -0.25) is 15.0 Å². The van der Waals surface area contributed by atoms with Crippen molar-refractivity contribution in [3.63, 3.8) is 0 Å². The molecule has 142 valence electrons. The van der Waals surface area contributed by atoms with E-state index in [0.717, 1.165) is 25.6 Å². The molecule has 0 aromatic heterocycles. The summed E-state index contributed by atoms with van der Waals surface area (Å²) in [5, 5.41) is 19.4. The predicted molar refractivity (Wildman–Crippen MR) is 99.1 cm³/mol. The van der Waals surface area contributed by atoms with Gasteiger partial charge < -0.3 is 5.32 Å². The van der Waals surface area contributed by atoms with Crippen LogP contribution in [-0.2, 0) is 10.0 Å². The van der Waals surface area contributed by atoms with Gasteiger partial charge in [-0.15, -0.1) is 0 Å². The van der Waals surface area contributed by atoms with E-state index in [1.807, 2.05) is 0 Å². The fraction of sp³-hybridized carbons (Fsp3) is 0.625. The number of likely N-dealkylation sites (N-methyl/N-ethyl adjacent to an activating group) is 1. The van der Waals surface area contributed by atoms with Gasteiger partial charge in [-0.1, -0.05) is 27.7 Å². The van der Waals surface area contributed by atoms with Gasteiger partial charge in [-0.25, -0.2) is 13.6 Å². The molecule has 9 heteroatoms. The standard InChI is InChI=1S/C16H28N4O4S/c1-5-19(6-2)13(9-12(3)4)11-18-15-8-7-14(25(17,23)24)10-16(15)20(21)22/h7-8,10,12-13,18H,5-6,9,11H2,1-4H3,(H2,17,23,24)/t13-/m0/s1. The van der Waals surface area contributed by atoms with Crippen molar-refractivity contribution in [1.82, 2.24) is 4.90 Å². The quantitative estimate of drug-likeness (QED) is 0.481. The molecule has 0 saturated heterocycles. The molecule has 1 atom stereocenters.